The van der Waals surface area contributed by atoms with E-state index < -0.39 is 11.5 Å². The second-order valence-electron chi connectivity index (χ2n) is 8.38. The van der Waals surface area contributed by atoms with Crippen molar-refractivity contribution in [1.82, 2.24) is 0 Å². The number of carbonyl (C=O) groups excluding carboxylic acids is 1. The van der Waals surface area contributed by atoms with Crippen molar-refractivity contribution in [3.63, 3.8) is 0 Å². The Morgan fingerprint density at radius 1 is 0.844 bits per heavy atom. The first-order chi connectivity index (χ1) is 15.6. The first kappa shape index (κ1) is 20.1. The molecule has 0 aromatic heterocycles. The second kappa shape index (κ2) is 8.35. The van der Waals surface area contributed by atoms with E-state index in [1.54, 1.807) is 18.2 Å². The maximum atomic E-state index is 13.6. The predicted octanol–water partition coefficient (Wildman–Crippen LogP) is 5.26. The number of aliphatic hydroxyl groups is 1. The summed E-state index contributed by atoms with van der Waals surface area (Å²) in [6.45, 7) is 0. The molecule has 0 aromatic rings. The lowest BCUT2D eigenvalue weighted by molar-refractivity contribution is -0.124. The fraction of sp³-hybridized carbons (Fsp3) is 0.167. The highest BCUT2D eigenvalue weighted by molar-refractivity contribution is 5.94. The van der Waals surface area contributed by atoms with Gasteiger partial charge < -0.3 is 5.11 Å². The van der Waals surface area contributed by atoms with Crippen molar-refractivity contribution in [2.24, 2.45) is 17.8 Å². The molecular formula is C30H22O2. The highest BCUT2D eigenvalue weighted by Gasteiger charge is 2.55. The Morgan fingerprint density at radius 3 is 2.03 bits per heavy atom. The molecule has 1 N–H and O–H groups in total. The van der Waals surface area contributed by atoms with Crippen molar-refractivity contribution in [2.75, 3.05) is 0 Å². The Hall–Kier alpha value is -3.85. The topological polar surface area (TPSA) is 37.3 Å². The van der Waals surface area contributed by atoms with Gasteiger partial charge in [0.25, 0.3) is 0 Å². The monoisotopic (exact) mass is 414 g/mol. The van der Waals surface area contributed by atoms with Crippen molar-refractivity contribution < 1.29 is 9.90 Å². The fourth-order valence-corrected chi connectivity index (χ4v) is 4.98. The second-order valence-corrected chi connectivity index (χ2v) is 8.38. The van der Waals surface area contributed by atoms with Gasteiger partial charge in [-0.05, 0) is 72.3 Å². The smallest absolute Gasteiger partial charge is 0.162 e. The predicted molar refractivity (Wildman–Crippen MR) is 126 cm³/mol. The van der Waals surface area contributed by atoms with Crippen LogP contribution in [0, 0.1) is 17.8 Å². The van der Waals surface area contributed by atoms with Crippen LogP contribution in [-0.2, 0) is 4.79 Å². The minimum atomic E-state index is -1.31. The van der Waals surface area contributed by atoms with Crippen molar-refractivity contribution >= 4 is 5.78 Å². The molecule has 0 bridgehead atoms. The molecule has 4 unspecified atom stereocenters. The van der Waals surface area contributed by atoms with Crippen LogP contribution in [0.3, 0.4) is 0 Å². The van der Waals surface area contributed by atoms with Gasteiger partial charge in [0, 0.05) is 23.0 Å². The van der Waals surface area contributed by atoms with Crippen LogP contribution < -0.4 is 0 Å². The Kier molecular flexibility index (Phi) is 5.24. The minimum absolute atomic E-state index is 0.0465. The van der Waals surface area contributed by atoms with Crippen LogP contribution in [-0.4, -0.2) is 16.5 Å². The quantitative estimate of drug-likeness (QED) is 0.456. The maximum absolute atomic E-state index is 13.6. The van der Waals surface area contributed by atoms with Gasteiger partial charge in [0.1, 0.15) is 0 Å². The third-order valence-corrected chi connectivity index (χ3v) is 6.41. The molecule has 5 rings (SSSR count). The van der Waals surface area contributed by atoms with Gasteiger partial charge in [-0.2, -0.15) is 0 Å². The number of hydrogen-bond donors (Lipinski definition) is 1. The lowest BCUT2D eigenvalue weighted by Gasteiger charge is -2.28. The van der Waals surface area contributed by atoms with Gasteiger partial charge in [-0.3, -0.25) is 4.79 Å². The molecule has 5 aliphatic carbocycles. The third kappa shape index (κ3) is 3.78. The Balaban J connectivity index is 1.57. The van der Waals surface area contributed by atoms with Crippen LogP contribution in [0.4, 0.5) is 0 Å². The summed E-state index contributed by atoms with van der Waals surface area (Å²) in [6, 6.07) is 0. The molecule has 32 heavy (non-hydrogen) atoms. The van der Waals surface area contributed by atoms with Gasteiger partial charge in [-0.1, -0.05) is 42.5 Å². The highest BCUT2D eigenvalue weighted by atomic mass is 16.3. The van der Waals surface area contributed by atoms with E-state index in [0.29, 0.717) is 6.42 Å². The molecule has 2 nitrogen and oxygen atoms in total. The van der Waals surface area contributed by atoms with E-state index in [1.165, 1.54) is 0 Å². The van der Waals surface area contributed by atoms with Crippen LogP contribution in [0.25, 0.3) is 0 Å². The molecule has 0 amide bonds. The lowest BCUT2D eigenvalue weighted by Crippen LogP contribution is -2.38. The van der Waals surface area contributed by atoms with E-state index in [4.69, 9.17) is 0 Å². The zero-order valence-electron chi connectivity index (χ0n) is 17.5. The average Bonchev–Trinajstić information content (AvgIpc) is 3.61. The maximum Gasteiger partial charge on any atom is 0.162 e. The molecule has 0 aliphatic heterocycles. The van der Waals surface area contributed by atoms with Crippen LogP contribution >= 0.6 is 0 Å². The van der Waals surface area contributed by atoms with Gasteiger partial charge in [0.05, 0.1) is 11.5 Å². The number of ketones is 1. The first-order valence-electron chi connectivity index (χ1n) is 10.8. The molecule has 1 saturated carbocycles. The minimum Gasteiger partial charge on any atom is -0.385 e. The summed E-state index contributed by atoms with van der Waals surface area (Å²) in [6.07, 6.45) is 30.4. The largest absolute Gasteiger partial charge is 0.385 e. The van der Waals surface area contributed by atoms with Crippen molar-refractivity contribution in [2.45, 2.75) is 12.0 Å². The first-order valence-corrected chi connectivity index (χ1v) is 10.8. The molecule has 2 heteroatoms. The number of carbonyl (C=O) groups is 1. The van der Waals surface area contributed by atoms with Crippen molar-refractivity contribution in [3.05, 3.63) is 142 Å². The fourth-order valence-electron chi connectivity index (χ4n) is 4.98. The summed E-state index contributed by atoms with van der Waals surface area (Å²) in [4.78, 5) is 13.6. The van der Waals surface area contributed by atoms with Gasteiger partial charge in [0.2, 0.25) is 0 Å². The molecule has 0 radical (unpaired) electrons. The van der Waals surface area contributed by atoms with Crippen LogP contribution in [0.15, 0.2) is 142 Å². The van der Waals surface area contributed by atoms with Crippen LogP contribution in [0.1, 0.15) is 6.42 Å². The third-order valence-electron chi connectivity index (χ3n) is 6.41. The van der Waals surface area contributed by atoms with Gasteiger partial charge in [-0.15, -0.1) is 22.9 Å². The zero-order valence-corrected chi connectivity index (χ0v) is 17.5. The standard InChI is InChI=1S/C30H22O2/c31-27(18-17-22-9-1-2-10-22)29-28(25-15-7-8-16-25)26(24-13-5-6-14-24)21-30(29,32)20-19-23-11-3-4-12-23/h1-9,11,13,15,17-20,26,28-29,32H,21H2/b18-17-,20-19+. The van der Waals surface area contributed by atoms with Crippen molar-refractivity contribution in [1.29, 1.82) is 0 Å². The van der Waals surface area contributed by atoms with E-state index >= 15 is 0 Å². The molecule has 0 aromatic carbocycles. The molecular weight excluding hydrogens is 392 g/mol. The van der Waals surface area contributed by atoms with E-state index in [2.05, 4.69) is 22.9 Å². The lowest BCUT2D eigenvalue weighted by atomic mass is 9.76. The van der Waals surface area contributed by atoms with E-state index in [-0.39, 0.29) is 17.6 Å². The molecule has 0 spiro atoms. The Bertz CT molecular complexity index is 1320. The summed E-state index contributed by atoms with van der Waals surface area (Å²) in [5, 5.41) is 11.9. The summed E-state index contributed by atoms with van der Waals surface area (Å²) in [5.41, 5.74) is 15.2. The highest BCUT2D eigenvalue weighted by Crippen LogP contribution is 2.52. The van der Waals surface area contributed by atoms with Gasteiger partial charge in [0.15, 0.2) is 5.78 Å². The molecule has 4 atom stereocenters. The molecule has 0 heterocycles. The average molecular weight is 415 g/mol. The number of allylic oxidation sites excluding steroid dienone is 15. The summed E-state index contributed by atoms with van der Waals surface area (Å²) in [5.74, 6) is -1.00. The molecule has 5 aliphatic rings. The molecule has 1 fully saturated rings. The Labute approximate surface area is 188 Å². The summed E-state index contributed by atoms with van der Waals surface area (Å²) >= 11 is 0. The normalized spacial score (nSPS) is 31.1. The zero-order chi connectivity index (χ0) is 22.0. The summed E-state index contributed by atoms with van der Waals surface area (Å²) < 4.78 is 0. The van der Waals surface area contributed by atoms with E-state index in [1.807, 2.05) is 79.0 Å². The van der Waals surface area contributed by atoms with Crippen LogP contribution in [0.5, 0.6) is 0 Å². The SMILES string of the molecule is O=C(/C=C\C1=C=CC=C1)C1C(C2=C=CC=C2)C(C2=C=CC=C2)CC1(O)/C=C/C1=C=CC=C1. The van der Waals surface area contributed by atoms with Crippen molar-refractivity contribution in [3.8, 4) is 0 Å². The van der Waals surface area contributed by atoms with Gasteiger partial charge in [-0.25, -0.2) is 0 Å². The van der Waals surface area contributed by atoms with Crippen LogP contribution in [0.2, 0.25) is 0 Å². The molecule has 154 valence electrons. The summed E-state index contributed by atoms with van der Waals surface area (Å²) in [7, 11) is 0. The van der Waals surface area contributed by atoms with Gasteiger partial charge >= 0.3 is 0 Å². The van der Waals surface area contributed by atoms with E-state index in [0.717, 1.165) is 22.3 Å². The number of rotatable bonds is 7. The number of hydrogen-bond acceptors (Lipinski definition) is 2. The van der Waals surface area contributed by atoms with E-state index in [9.17, 15) is 9.90 Å². The molecule has 0 saturated heterocycles. The Morgan fingerprint density at radius 2 is 1.44 bits per heavy atom.